The van der Waals surface area contributed by atoms with Crippen molar-refractivity contribution in [1.82, 2.24) is 4.90 Å². The maximum Gasteiger partial charge on any atom is 0.0230 e. The lowest BCUT2D eigenvalue weighted by atomic mass is 9.75. The average molecular weight is 310 g/mol. The summed E-state index contributed by atoms with van der Waals surface area (Å²) in [5.74, 6) is 0. The molecule has 0 aromatic heterocycles. The molecule has 1 saturated carbocycles. The molecule has 2 heteroatoms. The summed E-state index contributed by atoms with van der Waals surface area (Å²) in [5, 5.41) is 1.15. The summed E-state index contributed by atoms with van der Waals surface area (Å²) in [6.07, 6.45) is 7.02. The van der Waals surface area contributed by atoms with Crippen LogP contribution in [0.5, 0.6) is 0 Å². The highest BCUT2D eigenvalue weighted by atomic mass is 79.9. The van der Waals surface area contributed by atoms with Crippen LogP contribution in [0.15, 0.2) is 30.3 Å². The van der Waals surface area contributed by atoms with Gasteiger partial charge in [-0.2, -0.15) is 0 Å². The Balaban J connectivity index is 1.91. The fourth-order valence-corrected chi connectivity index (χ4v) is 3.90. The Morgan fingerprint density at radius 1 is 1.11 bits per heavy atom. The van der Waals surface area contributed by atoms with Crippen molar-refractivity contribution in [3.8, 4) is 0 Å². The third kappa shape index (κ3) is 3.83. The lowest BCUT2D eigenvalue weighted by Crippen LogP contribution is -2.38. The molecule has 0 radical (unpaired) electrons. The van der Waals surface area contributed by atoms with Gasteiger partial charge >= 0.3 is 0 Å². The molecule has 1 aliphatic rings. The highest BCUT2D eigenvalue weighted by Crippen LogP contribution is 2.38. The third-order valence-corrected chi connectivity index (χ3v) is 5.29. The molecular formula is C16H24BrN. The molecule has 0 amide bonds. The van der Waals surface area contributed by atoms with E-state index in [9.17, 15) is 0 Å². The first-order chi connectivity index (χ1) is 8.74. The summed E-state index contributed by atoms with van der Waals surface area (Å²) in [5.41, 5.74) is 1.93. The third-order valence-electron chi connectivity index (χ3n) is 4.10. The van der Waals surface area contributed by atoms with E-state index in [-0.39, 0.29) is 0 Å². The Bertz CT molecular complexity index is 343. The second-order valence-electron chi connectivity index (χ2n) is 5.85. The van der Waals surface area contributed by atoms with Crippen LogP contribution < -0.4 is 0 Å². The van der Waals surface area contributed by atoms with E-state index < -0.39 is 0 Å². The zero-order valence-electron chi connectivity index (χ0n) is 11.4. The minimum absolute atomic E-state index is 0.516. The average Bonchev–Trinajstić information content (AvgIpc) is 2.41. The second-order valence-corrected chi connectivity index (χ2v) is 6.41. The van der Waals surface area contributed by atoms with E-state index in [1.54, 1.807) is 0 Å². The first kappa shape index (κ1) is 14.1. The van der Waals surface area contributed by atoms with Crippen LogP contribution in [0.25, 0.3) is 0 Å². The Labute approximate surface area is 120 Å². The number of nitrogens with zero attached hydrogens (tertiary/aromatic N) is 1. The molecule has 100 valence electrons. The van der Waals surface area contributed by atoms with Crippen molar-refractivity contribution in [2.75, 3.05) is 18.9 Å². The zero-order chi connectivity index (χ0) is 12.8. The summed E-state index contributed by atoms with van der Waals surface area (Å²) >= 11 is 3.76. The first-order valence-corrected chi connectivity index (χ1v) is 8.15. The largest absolute Gasteiger partial charge is 0.302 e. The van der Waals surface area contributed by atoms with E-state index in [1.165, 1.54) is 44.2 Å². The minimum Gasteiger partial charge on any atom is -0.302 e. The highest BCUT2D eigenvalue weighted by molar-refractivity contribution is 9.09. The van der Waals surface area contributed by atoms with Crippen molar-refractivity contribution in [1.29, 1.82) is 0 Å². The molecule has 18 heavy (non-hydrogen) atoms. The summed E-state index contributed by atoms with van der Waals surface area (Å²) in [6, 6.07) is 10.8. The molecule has 1 aromatic rings. The molecule has 1 aromatic carbocycles. The molecular weight excluding hydrogens is 286 g/mol. The van der Waals surface area contributed by atoms with Gasteiger partial charge in [0.25, 0.3) is 0 Å². The van der Waals surface area contributed by atoms with Gasteiger partial charge in [-0.05, 0) is 30.9 Å². The van der Waals surface area contributed by atoms with Crippen LogP contribution in [0.3, 0.4) is 0 Å². The van der Waals surface area contributed by atoms with E-state index in [0.717, 1.165) is 11.9 Å². The number of hydrogen-bond donors (Lipinski definition) is 0. The predicted molar refractivity (Wildman–Crippen MR) is 82.1 cm³/mol. The fourth-order valence-electron chi connectivity index (χ4n) is 3.16. The quantitative estimate of drug-likeness (QED) is 0.726. The number of rotatable bonds is 5. The summed E-state index contributed by atoms with van der Waals surface area (Å²) in [7, 11) is 2.26. The molecule has 1 fully saturated rings. The molecule has 1 nitrogen and oxygen atoms in total. The van der Waals surface area contributed by atoms with Crippen molar-refractivity contribution >= 4 is 15.9 Å². The SMILES string of the molecule is CN(Cc1ccccc1)CC1(CBr)CCCCC1. The first-order valence-electron chi connectivity index (χ1n) is 7.03. The zero-order valence-corrected chi connectivity index (χ0v) is 13.0. The van der Waals surface area contributed by atoms with E-state index in [4.69, 9.17) is 0 Å². The van der Waals surface area contributed by atoms with E-state index in [2.05, 4.69) is 58.2 Å². The molecule has 1 aliphatic carbocycles. The number of benzene rings is 1. The Morgan fingerprint density at radius 3 is 2.39 bits per heavy atom. The van der Waals surface area contributed by atoms with Crippen LogP contribution in [-0.2, 0) is 6.54 Å². The van der Waals surface area contributed by atoms with Crippen LogP contribution in [0.4, 0.5) is 0 Å². The maximum absolute atomic E-state index is 3.76. The highest BCUT2D eigenvalue weighted by Gasteiger charge is 2.31. The molecule has 0 unspecified atom stereocenters. The topological polar surface area (TPSA) is 3.24 Å². The molecule has 0 heterocycles. The summed E-state index contributed by atoms with van der Waals surface area (Å²) in [4.78, 5) is 2.49. The fraction of sp³-hybridized carbons (Fsp3) is 0.625. The minimum atomic E-state index is 0.516. The maximum atomic E-state index is 3.76. The van der Waals surface area contributed by atoms with E-state index in [1.807, 2.05) is 0 Å². The van der Waals surface area contributed by atoms with Gasteiger partial charge in [0, 0.05) is 18.4 Å². The van der Waals surface area contributed by atoms with Gasteiger partial charge in [-0.25, -0.2) is 0 Å². The monoisotopic (exact) mass is 309 g/mol. The van der Waals surface area contributed by atoms with Gasteiger partial charge in [-0.1, -0.05) is 65.5 Å². The molecule has 0 N–H and O–H groups in total. The van der Waals surface area contributed by atoms with Gasteiger partial charge in [-0.15, -0.1) is 0 Å². The van der Waals surface area contributed by atoms with Crippen LogP contribution >= 0.6 is 15.9 Å². The van der Waals surface area contributed by atoms with Gasteiger partial charge in [0.15, 0.2) is 0 Å². The van der Waals surface area contributed by atoms with E-state index in [0.29, 0.717) is 5.41 Å². The molecule has 0 bridgehead atoms. The van der Waals surface area contributed by atoms with Gasteiger partial charge in [-0.3, -0.25) is 0 Å². The number of alkyl halides is 1. The number of hydrogen-bond acceptors (Lipinski definition) is 1. The van der Waals surface area contributed by atoms with Crippen molar-refractivity contribution in [3.05, 3.63) is 35.9 Å². The van der Waals surface area contributed by atoms with Gasteiger partial charge in [0.05, 0.1) is 0 Å². The lowest BCUT2D eigenvalue weighted by molar-refractivity contribution is 0.141. The number of halogens is 1. The normalized spacial score (nSPS) is 19.1. The van der Waals surface area contributed by atoms with Gasteiger partial charge in [0.1, 0.15) is 0 Å². The summed E-state index contributed by atoms with van der Waals surface area (Å²) < 4.78 is 0. The van der Waals surface area contributed by atoms with Crippen molar-refractivity contribution in [3.63, 3.8) is 0 Å². The van der Waals surface area contributed by atoms with Crippen molar-refractivity contribution in [2.24, 2.45) is 5.41 Å². The van der Waals surface area contributed by atoms with Gasteiger partial charge in [0.2, 0.25) is 0 Å². The predicted octanol–water partition coefficient (Wildman–Crippen LogP) is 4.46. The van der Waals surface area contributed by atoms with Crippen molar-refractivity contribution in [2.45, 2.75) is 38.6 Å². The standard InChI is InChI=1S/C16H24BrN/c1-18(12-15-8-4-2-5-9-15)14-16(13-17)10-6-3-7-11-16/h2,4-5,8-9H,3,6-7,10-14H2,1H3. The summed E-state index contributed by atoms with van der Waals surface area (Å²) in [6.45, 7) is 2.28. The van der Waals surface area contributed by atoms with Crippen LogP contribution in [-0.4, -0.2) is 23.8 Å². The molecule has 0 spiro atoms. The molecule has 0 atom stereocenters. The Kier molecular flexibility index (Phi) is 5.25. The molecule has 2 rings (SSSR count). The van der Waals surface area contributed by atoms with Crippen LogP contribution in [0, 0.1) is 5.41 Å². The molecule has 0 saturated heterocycles. The second kappa shape index (κ2) is 6.72. The lowest BCUT2D eigenvalue weighted by Gasteiger charge is -2.39. The van der Waals surface area contributed by atoms with Gasteiger partial charge < -0.3 is 4.90 Å². The van der Waals surface area contributed by atoms with E-state index >= 15 is 0 Å². The Hall–Kier alpha value is -0.340. The Morgan fingerprint density at radius 2 is 1.78 bits per heavy atom. The van der Waals surface area contributed by atoms with Crippen LogP contribution in [0.2, 0.25) is 0 Å². The molecule has 0 aliphatic heterocycles. The van der Waals surface area contributed by atoms with Crippen molar-refractivity contribution < 1.29 is 0 Å². The van der Waals surface area contributed by atoms with Crippen LogP contribution in [0.1, 0.15) is 37.7 Å². The smallest absolute Gasteiger partial charge is 0.0230 e.